The van der Waals surface area contributed by atoms with Crippen molar-refractivity contribution < 1.29 is 14.7 Å². The molecule has 1 unspecified atom stereocenters. The Morgan fingerprint density at radius 2 is 2.29 bits per heavy atom. The fourth-order valence-electron chi connectivity index (χ4n) is 2.59. The van der Waals surface area contributed by atoms with E-state index in [-0.39, 0.29) is 24.3 Å². The van der Waals surface area contributed by atoms with Gasteiger partial charge in [0.05, 0.1) is 5.92 Å². The highest BCUT2D eigenvalue weighted by Gasteiger charge is 2.33. The summed E-state index contributed by atoms with van der Waals surface area (Å²) in [6.45, 7) is 3.24. The van der Waals surface area contributed by atoms with Gasteiger partial charge in [0.15, 0.2) is 0 Å². The summed E-state index contributed by atoms with van der Waals surface area (Å²) in [6.07, 6.45) is 1.79. The van der Waals surface area contributed by atoms with Gasteiger partial charge in [-0.3, -0.25) is 9.59 Å². The molecule has 114 valence electrons. The first-order valence-electron chi connectivity index (χ1n) is 7.42. The van der Waals surface area contributed by atoms with Gasteiger partial charge in [-0.2, -0.15) is 0 Å². The van der Waals surface area contributed by atoms with Gasteiger partial charge >= 0.3 is 0 Å². The lowest BCUT2D eigenvalue weighted by atomic mass is 10.1. The van der Waals surface area contributed by atoms with Crippen LogP contribution in [0, 0.1) is 5.92 Å². The molecule has 1 atom stereocenters. The number of aliphatic hydroxyl groups is 1. The largest absolute Gasteiger partial charge is 0.396 e. The molecule has 2 rings (SSSR count). The van der Waals surface area contributed by atoms with Crippen molar-refractivity contribution in [2.24, 2.45) is 5.92 Å². The number of nitrogens with zero attached hydrogens (tertiary/aromatic N) is 1. The van der Waals surface area contributed by atoms with E-state index in [0.717, 1.165) is 17.7 Å². The number of aryl methyl sites for hydroxylation is 1. The molecule has 0 radical (unpaired) electrons. The Labute approximate surface area is 125 Å². The van der Waals surface area contributed by atoms with Gasteiger partial charge in [0.2, 0.25) is 11.8 Å². The van der Waals surface area contributed by atoms with Crippen LogP contribution in [0.5, 0.6) is 0 Å². The zero-order valence-corrected chi connectivity index (χ0v) is 12.3. The predicted molar refractivity (Wildman–Crippen MR) is 80.8 cm³/mol. The Kier molecular flexibility index (Phi) is 5.33. The molecule has 1 aromatic rings. The molecule has 1 fully saturated rings. The zero-order valence-electron chi connectivity index (χ0n) is 12.3. The Morgan fingerprint density at radius 3 is 2.95 bits per heavy atom. The van der Waals surface area contributed by atoms with Gasteiger partial charge in [-0.05, 0) is 37.5 Å². The summed E-state index contributed by atoms with van der Waals surface area (Å²) in [5.41, 5.74) is 1.83. The van der Waals surface area contributed by atoms with Gasteiger partial charge in [-0.15, -0.1) is 0 Å². The molecular formula is C16H22N2O3. The Balaban J connectivity index is 1.95. The first-order chi connectivity index (χ1) is 10.1. The maximum absolute atomic E-state index is 12.2. The number of nitrogens with one attached hydrogen (secondary N) is 1. The van der Waals surface area contributed by atoms with E-state index in [9.17, 15) is 9.59 Å². The molecule has 1 saturated heterocycles. The van der Waals surface area contributed by atoms with E-state index < -0.39 is 0 Å². The minimum absolute atomic E-state index is 0.0503. The van der Waals surface area contributed by atoms with Crippen LogP contribution >= 0.6 is 0 Å². The van der Waals surface area contributed by atoms with Crippen molar-refractivity contribution in [2.75, 3.05) is 25.0 Å². The van der Waals surface area contributed by atoms with Gasteiger partial charge in [-0.25, -0.2) is 0 Å². The fourth-order valence-corrected chi connectivity index (χ4v) is 2.59. The highest BCUT2D eigenvalue weighted by atomic mass is 16.3. The van der Waals surface area contributed by atoms with Crippen LogP contribution in [0.15, 0.2) is 24.3 Å². The van der Waals surface area contributed by atoms with Crippen LogP contribution in [0.3, 0.4) is 0 Å². The Bertz CT molecular complexity index is 516. The summed E-state index contributed by atoms with van der Waals surface area (Å²) in [5, 5.41) is 11.7. The smallest absolute Gasteiger partial charge is 0.229 e. The maximum atomic E-state index is 12.2. The monoisotopic (exact) mass is 290 g/mol. The second-order valence-electron chi connectivity index (χ2n) is 5.35. The highest BCUT2D eigenvalue weighted by Crippen LogP contribution is 2.20. The molecule has 5 nitrogen and oxygen atoms in total. The molecular weight excluding hydrogens is 268 g/mol. The minimum atomic E-state index is -0.265. The molecule has 2 N–H and O–H groups in total. The number of hydrogen-bond acceptors (Lipinski definition) is 3. The lowest BCUT2D eigenvalue weighted by Crippen LogP contribution is -2.28. The van der Waals surface area contributed by atoms with Gasteiger partial charge in [0, 0.05) is 31.8 Å². The van der Waals surface area contributed by atoms with Gasteiger partial charge < -0.3 is 15.3 Å². The summed E-state index contributed by atoms with van der Waals surface area (Å²) in [4.78, 5) is 25.6. The lowest BCUT2D eigenvalue weighted by Gasteiger charge is -2.14. The third-order valence-corrected chi connectivity index (χ3v) is 3.79. The number of amides is 2. The van der Waals surface area contributed by atoms with Gasteiger partial charge in [-0.1, -0.05) is 12.1 Å². The zero-order chi connectivity index (χ0) is 15.2. The quantitative estimate of drug-likeness (QED) is 0.832. The average Bonchev–Trinajstić information content (AvgIpc) is 2.87. The van der Waals surface area contributed by atoms with Crippen LogP contribution in [0.1, 0.15) is 25.3 Å². The minimum Gasteiger partial charge on any atom is -0.396 e. The number of benzene rings is 1. The molecule has 0 aromatic heterocycles. The van der Waals surface area contributed by atoms with Crippen LogP contribution in [0.25, 0.3) is 0 Å². The van der Waals surface area contributed by atoms with Crippen molar-refractivity contribution in [3.8, 4) is 0 Å². The summed E-state index contributed by atoms with van der Waals surface area (Å²) < 4.78 is 0. The highest BCUT2D eigenvalue weighted by molar-refractivity contribution is 5.97. The topological polar surface area (TPSA) is 69.6 Å². The molecule has 0 aliphatic carbocycles. The van der Waals surface area contributed by atoms with Crippen molar-refractivity contribution >= 4 is 17.5 Å². The molecule has 0 saturated carbocycles. The Morgan fingerprint density at radius 1 is 1.48 bits per heavy atom. The summed E-state index contributed by atoms with van der Waals surface area (Å²) in [6, 6.07) is 7.63. The molecule has 1 aromatic carbocycles. The fraction of sp³-hybridized carbons (Fsp3) is 0.500. The third kappa shape index (κ3) is 4.04. The number of carbonyl (C=O) groups is 2. The molecule has 1 aliphatic heterocycles. The van der Waals surface area contributed by atoms with E-state index in [1.165, 1.54) is 0 Å². The summed E-state index contributed by atoms with van der Waals surface area (Å²) in [7, 11) is 0. The number of anilines is 1. The van der Waals surface area contributed by atoms with Crippen LogP contribution in [-0.4, -0.2) is 41.5 Å². The number of aliphatic hydroxyl groups excluding tert-OH is 1. The molecule has 5 heteroatoms. The molecule has 2 amide bonds. The van der Waals surface area contributed by atoms with Crippen molar-refractivity contribution in [3.05, 3.63) is 29.8 Å². The summed E-state index contributed by atoms with van der Waals surface area (Å²) in [5.74, 6) is -0.313. The van der Waals surface area contributed by atoms with Gasteiger partial charge in [0.25, 0.3) is 0 Å². The molecule has 0 spiro atoms. The van der Waals surface area contributed by atoms with E-state index in [2.05, 4.69) is 5.32 Å². The van der Waals surface area contributed by atoms with E-state index in [0.29, 0.717) is 25.9 Å². The number of rotatable bonds is 6. The van der Waals surface area contributed by atoms with Crippen molar-refractivity contribution in [1.82, 2.24) is 4.90 Å². The summed E-state index contributed by atoms with van der Waals surface area (Å²) >= 11 is 0. The number of carbonyl (C=O) groups excluding carboxylic acids is 2. The molecule has 21 heavy (non-hydrogen) atoms. The second-order valence-corrected chi connectivity index (χ2v) is 5.35. The van der Waals surface area contributed by atoms with Crippen LogP contribution in [-0.2, 0) is 16.0 Å². The van der Waals surface area contributed by atoms with E-state index >= 15 is 0 Å². The van der Waals surface area contributed by atoms with Crippen LogP contribution in [0.4, 0.5) is 5.69 Å². The van der Waals surface area contributed by atoms with Crippen molar-refractivity contribution in [3.63, 3.8) is 0 Å². The molecule has 0 bridgehead atoms. The van der Waals surface area contributed by atoms with E-state index in [4.69, 9.17) is 5.11 Å². The van der Waals surface area contributed by atoms with Crippen LogP contribution in [0.2, 0.25) is 0 Å². The van der Waals surface area contributed by atoms with Crippen LogP contribution < -0.4 is 5.32 Å². The van der Waals surface area contributed by atoms with Gasteiger partial charge in [0.1, 0.15) is 0 Å². The normalized spacial score (nSPS) is 18.1. The lowest BCUT2D eigenvalue weighted by molar-refractivity contribution is -0.128. The first-order valence-corrected chi connectivity index (χ1v) is 7.42. The third-order valence-electron chi connectivity index (χ3n) is 3.79. The standard InChI is InChI=1S/C16H22N2O3/c1-2-18-11-13(10-15(18)20)16(21)17-14-7-3-5-12(9-14)6-4-8-19/h3,5,7,9,13,19H,2,4,6,8,10-11H2,1H3,(H,17,21). The molecule has 1 heterocycles. The second kappa shape index (κ2) is 7.22. The first kappa shape index (κ1) is 15.5. The molecule has 1 aliphatic rings. The van der Waals surface area contributed by atoms with E-state index in [1.807, 2.05) is 31.2 Å². The number of hydrogen-bond donors (Lipinski definition) is 2. The predicted octanol–water partition coefficient (Wildman–Crippen LogP) is 1.42. The maximum Gasteiger partial charge on any atom is 0.229 e. The van der Waals surface area contributed by atoms with E-state index in [1.54, 1.807) is 4.90 Å². The van der Waals surface area contributed by atoms with Crippen molar-refractivity contribution in [2.45, 2.75) is 26.2 Å². The Hall–Kier alpha value is -1.88. The number of likely N-dealkylation sites (tertiary alicyclic amines) is 1. The average molecular weight is 290 g/mol. The SMILES string of the molecule is CCN1CC(C(=O)Nc2cccc(CCCO)c2)CC1=O. The van der Waals surface area contributed by atoms with Crippen molar-refractivity contribution in [1.29, 1.82) is 0 Å².